The summed E-state index contributed by atoms with van der Waals surface area (Å²) >= 11 is 6.62. The number of H-pyrrole nitrogens is 1. The number of aromatic nitrogens is 6. The van der Waals surface area contributed by atoms with Gasteiger partial charge in [0.1, 0.15) is 11.5 Å². The Morgan fingerprint density at radius 2 is 1.97 bits per heavy atom. The maximum Gasteiger partial charge on any atom is 0.218 e. The first-order valence-corrected chi connectivity index (χ1v) is 9.40. The molecule has 0 aliphatic heterocycles. The molecule has 0 saturated heterocycles. The molecule has 29 heavy (non-hydrogen) atoms. The molecule has 9 heteroatoms. The molecule has 0 spiro atoms. The molecule has 0 aliphatic carbocycles. The van der Waals surface area contributed by atoms with E-state index in [2.05, 4.69) is 25.3 Å². The lowest BCUT2D eigenvalue weighted by Crippen LogP contribution is -2.32. The molecule has 4 rings (SSSR count). The molecule has 1 unspecified atom stereocenters. The molecule has 3 heterocycles. The Morgan fingerprint density at radius 1 is 1.21 bits per heavy atom. The van der Waals surface area contributed by atoms with Crippen LogP contribution in [0.15, 0.2) is 24.4 Å². The summed E-state index contributed by atoms with van der Waals surface area (Å²) in [6.07, 6.45) is 1.54. The van der Waals surface area contributed by atoms with Crippen LogP contribution in [-0.4, -0.2) is 42.2 Å². The van der Waals surface area contributed by atoms with Crippen molar-refractivity contribution in [3.8, 4) is 5.88 Å². The molecular weight excluding hydrogens is 392 g/mol. The smallest absolute Gasteiger partial charge is 0.218 e. The molecule has 2 N–H and O–H groups in total. The normalized spacial score (nSPS) is 13.6. The predicted octanol–water partition coefficient (Wildman–Crippen LogP) is 2.96. The fourth-order valence-corrected chi connectivity index (χ4v) is 3.95. The van der Waals surface area contributed by atoms with E-state index in [0.29, 0.717) is 50.3 Å². The highest BCUT2D eigenvalue weighted by Crippen LogP contribution is 2.40. The van der Waals surface area contributed by atoms with Gasteiger partial charge in [0.15, 0.2) is 5.60 Å². The first kappa shape index (κ1) is 19.4. The number of benzene rings is 1. The Hall–Kier alpha value is -2.97. The van der Waals surface area contributed by atoms with Gasteiger partial charge in [-0.05, 0) is 38.5 Å². The first-order valence-electron chi connectivity index (χ1n) is 9.03. The molecule has 0 aliphatic rings. The topological polar surface area (TPSA) is 102 Å². The van der Waals surface area contributed by atoms with E-state index in [-0.39, 0.29) is 0 Å². The molecule has 0 amide bonds. The summed E-state index contributed by atoms with van der Waals surface area (Å²) in [6, 6.07) is 5.45. The van der Waals surface area contributed by atoms with Gasteiger partial charge in [-0.3, -0.25) is 0 Å². The van der Waals surface area contributed by atoms with Crippen molar-refractivity contribution in [2.75, 3.05) is 7.11 Å². The van der Waals surface area contributed by atoms with Crippen LogP contribution in [0.2, 0.25) is 5.02 Å². The van der Waals surface area contributed by atoms with Gasteiger partial charge in [-0.2, -0.15) is 0 Å². The maximum atomic E-state index is 12.0. The minimum absolute atomic E-state index is 0.474. The molecule has 0 saturated carbocycles. The van der Waals surface area contributed by atoms with Crippen LogP contribution in [0.25, 0.3) is 10.9 Å². The molecule has 0 fully saturated rings. The van der Waals surface area contributed by atoms with Gasteiger partial charge in [-0.15, -0.1) is 5.10 Å². The number of halogens is 1. The Balaban J connectivity index is 2.04. The lowest BCUT2D eigenvalue weighted by Gasteiger charge is -2.28. The summed E-state index contributed by atoms with van der Waals surface area (Å²) in [4.78, 5) is 12.1. The molecule has 1 aromatic carbocycles. The number of aromatic amines is 1. The Kier molecular flexibility index (Phi) is 4.55. The van der Waals surface area contributed by atoms with E-state index in [0.717, 1.165) is 5.56 Å². The van der Waals surface area contributed by atoms with Gasteiger partial charge in [-0.25, -0.2) is 14.6 Å². The zero-order valence-corrected chi connectivity index (χ0v) is 17.5. The lowest BCUT2D eigenvalue weighted by atomic mass is 9.85. The number of pyridine rings is 1. The summed E-state index contributed by atoms with van der Waals surface area (Å²) in [5.74, 6) is 1.17. The quantitative estimate of drug-likeness (QED) is 0.534. The van der Waals surface area contributed by atoms with Crippen molar-refractivity contribution in [1.82, 2.24) is 29.9 Å². The average molecular weight is 413 g/mol. The van der Waals surface area contributed by atoms with Gasteiger partial charge >= 0.3 is 0 Å². The number of hydrogen-bond acceptors (Lipinski definition) is 6. The second-order valence-electron chi connectivity index (χ2n) is 7.03. The van der Waals surface area contributed by atoms with Crippen LogP contribution in [0.1, 0.15) is 34.0 Å². The van der Waals surface area contributed by atoms with Crippen LogP contribution in [0.5, 0.6) is 5.88 Å². The number of ether oxygens (including phenoxy) is 1. The Morgan fingerprint density at radius 3 is 2.55 bits per heavy atom. The second-order valence-corrected chi connectivity index (χ2v) is 7.41. The van der Waals surface area contributed by atoms with Crippen molar-refractivity contribution in [2.24, 2.45) is 7.05 Å². The SMILES string of the molecule is COc1nc2ccc(C(O)(c3[nH]c(C)nc3C)c3cnnn3C)cc2c(Cl)c1C. The minimum Gasteiger partial charge on any atom is -0.481 e. The fourth-order valence-electron chi connectivity index (χ4n) is 3.72. The van der Waals surface area contributed by atoms with Crippen molar-refractivity contribution in [2.45, 2.75) is 26.4 Å². The van der Waals surface area contributed by atoms with Gasteiger partial charge < -0.3 is 14.8 Å². The highest BCUT2D eigenvalue weighted by molar-refractivity contribution is 6.36. The van der Waals surface area contributed by atoms with Crippen molar-refractivity contribution >= 4 is 22.5 Å². The predicted molar refractivity (Wildman–Crippen MR) is 109 cm³/mol. The second kappa shape index (κ2) is 6.82. The molecule has 1 atom stereocenters. The molecule has 3 aromatic heterocycles. The van der Waals surface area contributed by atoms with Crippen molar-refractivity contribution in [3.63, 3.8) is 0 Å². The number of aliphatic hydroxyl groups is 1. The number of rotatable bonds is 4. The van der Waals surface area contributed by atoms with Crippen molar-refractivity contribution < 1.29 is 9.84 Å². The molecule has 0 bridgehead atoms. The van der Waals surface area contributed by atoms with Crippen LogP contribution >= 0.6 is 11.6 Å². The number of nitrogens with one attached hydrogen (secondary N) is 1. The summed E-state index contributed by atoms with van der Waals surface area (Å²) in [6.45, 7) is 5.54. The maximum absolute atomic E-state index is 12.0. The van der Waals surface area contributed by atoms with E-state index in [1.54, 1.807) is 25.0 Å². The summed E-state index contributed by atoms with van der Waals surface area (Å²) < 4.78 is 6.86. The lowest BCUT2D eigenvalue weighted by molar-refractivity contribution is 0.111. The summed E-state index contributed by atoms with van der Waals surface area (Å²) in [5, 5.41) is 21.2. The Bertz CT molecular complexity index is 1230. The van der Waals surface area contributed by atoms with Crippen LogP contribution in [0.4, 0.5) is 0 Å². The first-order chi connectivity index (χ1) is 13.8. The van der Waals surface area contributed by atoms with Gasteiger partial charge in [0, 0.05) is 18.0 Å². The van der Waals surface area contributed by atoms with Gasteiger partial charge in [0.05, 0.1) is 35.2 Å². The largest absolute Gasteiger partial charge is 0.481 e. The van der Waals surface area contributed by atoms with Crippen LogP contribution < -0.4 is 4.74 Å². The van der Waals surface area contributed by atoms with Gasteiger partial charge in [0.25, 0.3) is 0 Å². The van der Waals surface area contributed by atoms with Crippen LogP contribution in [-0.2, 0) is 12.6 Å². The standard InChI is InChI=1S/C20H21ClN6O2/c1-10-17(21)14-8-13(6-7-15(14)25-19(10)29-5)20(28,16-9-22-26-27(16)4)18-11(2)23-12(3)24-18/h6-9,28H,1-5H3,(H,23,24). The fraction of sp³-hybridized carbons (Fsp3) is 0.300. The third kappa shape index (κ3) is 2.87. The minimum atomic E-state index is -1.56. The monoisotopic (exact) mass is 412 g/mol. The van der Waals surface area contributed by atoms with E-state index in [4.69, 9.17) is 16.3 Å². The van der Waals surface area contributed by atoms with E-state index in [9.17, 15) is 5.11 Å². The zero-order valence-electron chi connectivity index (χ0n) is 16.8. The van der Waals surface area contributed by atoms with Crippen molar-refractivity contribution in [3.05, 3.63) is 63.5 Å². The summed E-state index contributed by atoms with van der Waals surface area (Å²) in [7, 11) is 3.29. The number of hydrogen-bond donors (Lipinski definition) is 2. The highest BCUT2D eigenvalue weighted by Gasteiger charge is 2.40. The molecule has 8 nitrogen and oxygen atoms in total. The molecular formula is C20H21ClN6O2. The molecule has 4 aromatic rings. The highest BCUT2D eigenvalue weighted by atomic mass is 35.5. The third-order valence-corrected chi connectivity index (χ3v) is 5.65. The number of aryl methyl sites for hydroxylation is 3. The summed E-state index contributed by atoms with van der Waals surface area (Å²) in [5.41, 5.74) is 2.17. The van der Waals surface area contributed by atoms with E-state index in [1.807, 2.05) is 39.0 Å². The van der Waals surface area contributed by atoms with Crippen molar-refractivity contribution in [1.29, 1.82) is 0 Å². The number of methoxy groups -OCH3 is 1. The van der Waals surface area contributed by atoms with E-state index < -0.39 is 5.60 Å². The van der Waals surface area contributed by atoms with Gasteiger partial charge in [-0.1, -0.05) is 22.9 Å². The van der Waals surface area contributed by atoms with E-state index >= 15 is 0 Å². The van der Waals surface area contributed by atoms with E-state index in [1.165, 1.54) is 0 Å². The van der Waals surface area contributed by atoms with Gasteiger partial charge in [0.2, 0.25) is 5.88 Å². The van der Waals surface area contributed by atoms with Crippen LogP contribution in [0.3, 0.4) is 0 Å². The third-order valence-electron chi connectivity index (χ3n) is 5.17. The average Bonchev–Trinajstić information content (AvgIpc) is 3.28. The van der Waals surface area contributed by atoms with Crippen LogP contribution in [0, 0.1) is 20.8 Å². The number of nitrogens with zero attached hydrogens (tertiary/aromatic N) is 5. The molecule has 150 valence electrons. The molecule has 0 radical (unpaired) electrons. The Labute approximate surface area is 172 Å². The zero-order chi connectivity index (χ0) is 20.9. The number of fused-ring (bicyclic) bond motifs is 1. The number of imidazole rings is 1.